The van der Waals surface area contributed by atoms with Gasteiger partial charge >= 0.3 is 11.7 Å². The van der Waals surface area contributed by atoms with E-state index < -0.39 is 16.8 Å². The van der Waals surface area contributed by atoms with Crippen molar-refractivity contribution in [2.75, 3.05) is 5.75 Å². The number of thioether (sulfide) groups is 1. The van der Waals surface area contributed by atoms with Gasteiger partial charge in [-0.3, -0.25) is 19.6 Å². The SMILES string of the molecule is CCn1nc(C)c([N+](=O)[O-])c1SCC(C)C(=O)O. The van der Waals surface area contributed by atoms with E-state index in [1.807, 2.05) is 6.92 Å². The maximum atomic E-state index is 11.0. The summed E-state index contributed by atoms with van der Waals surface area (Å²) in [6.45, 7) is 5.50. The molecule has 0 bridgehead atoms. The van der Waals surface area contributed by atoms with Crippen molar-refractivity contribution in [1.29, 1.82) is 0 Å². The average molecular weight is 273 g/mol. The normalized spacial score (nSPS) is 12.4. The zero-order valence-electron chi connectivity index (χ0n) is 10.4. The molecule has 100 valence electrons. The van der Waals surface area contributed by atoms with E-state index in [1.54, 1.807) is 13.8 Å². The molecule has 0 spiro atoms. The van der Waals surface area contributed by atoms with Crippen LogP contribution in [0.25, 0.3) is 0 Å². The van der Waals surface area contributed by atoms with E-state index in [0.29, 0.717) is 17.3 Å². The third-order valence-corrected chi connectivity index (χ3v) is 3.77. The van der Waals surface area contributed by atoms with Gasteiger partial charge in [0.15, 0.2) is 5.03 Å². The molecule has 18 heavy (non-hydrogen) atoms. The molecule has 1 aromatic rings. The van der Waals surface area contributed by atoms with Crippen LogP contribution < -0.4 is 0 Å². The Morgan fingerprint density at radius 3 is 2.72 bits per heavy atom. The van der Waals surface area contributed by atoms with Crippen LogP contribution >= 0.6 is 11.8 Å². The Morgan fingerprint density at radius 2 is 2.28 bits per heavy atom. The summed E-state index contributed by atoms with van der Waals surface area (Å²) in [5, 5.41) is 24.3. The third-order valence-electron chi connectivity index (χ3n) is 2.42. The lowest BCUT2D eigenvalue weighted by Crippen LogP contribution is -2.12. The highest BCUT2D eigenvalue weighted by atomic mass is 32.2. The molecule has 0 aromatic carbocycles. The minimum absolute atomic E-state index is 0.0283. The van der Waals surface area contributed by atoms with E-state index in [0.717, 1.165) is 11.8 Å². The molecule has 0 aliphatic heterocycles. The third kappa shape index (κ3) is 3.00. The van der Waals surface area contributed by atoms with Gasteiger partial charge in [0, 0.05) is 12.3 Å². The molecular weight excluding hydrogens is 258 g/mol. The number of rotatable bonds is 6. The van der Waals surface area contributed by atoms with Crippen LogP contribution in [0.5, 0.6) is 0 Å². The van der Waals surface area contributed by atoms with Crippen molar-refractivity contribution in [2.45, 2.75) is 32.3 Å². The van der Waals surface area contributed by atoms with Crippen molar-refractivity contribution in [2.24, 2.45) is 5.92 Å². The van der Waals surface area contributed by atoms with E-state index in [1.165, 1.54) is 4.68 Å². The van der Waals surface area contributed by atoms with Gasteiger partial charge in [0.2, 0.25) is 0 Å². The molecule has 0 amide bonds. The lowest BCUT2D eigenvalue weighted by Gasteiger charge is -2.06. The van der Waals surface area contributed by atoms with Crippen LogP contribution in [0.3, 0.4) is 0 Å². The number of aromatic nitrogens is 2. The predicted molar refractivity (Wildman–Crippen MR) is 66.8 cm³/mol. The number of carboxylic acid groups (broad SMARTS) is 1. The molecule has 0 radical (unpaired) electrons. The van der Waals surface area contributed by atoms with Gasteiger partial charge in [-0.15, -0.1) is 0 Å². The molecule has 0 aliphatic carbocycles. The number of aryl methyl sites for hydroxylation is 2. The summed E-state index contributed by atoms with van der Waals surface area (Å²) >= 11 is 1.16. The monoisotopic (exact) mass is 273 g/mol. The summed E-state index contributed by atoms with van der Waals surface area (Å²) < 4.78 is 1.53. The molecule has 1 aromatic heterocycles. The second-order valence-electron chi connectivity index (χ2n) is 3.86. The van der Waals surface area contributed by atoms with Gasteiger partial charge in [-0.1, -0.05) is 18.7 Å². The highest BCUT2D eigenvalue weighted by Crippen LogP contribution is 2.33. The van der Waals surface area contributed by atoms with Crippen molar-refractivity contribution in [3.05, 3.63) is 15.8 Å². The van der Waals surface area contributed by atoms with Crippen LogP contribution in [-0.2, 0) is 11.3 Å². The fourth-order valence-electron chi connectivity index (χ4n) is 1.39. The van der Waals surface area contributed by atoms with Crippen LogP contribution in [0.4, 0.5) is 5.69 Å². The van der Waals surface area contributed by atoms with Crippen LogP contribution in [0.2, 0.25) is 0 Å². The fourth-order valence-corrected chi connectivity index (χ4v) is 2.62. The Labute approximate surface area is 108 Å². The van der Waals surface area contributed by atoms with Crippen LogP contribution in [0.1, 0.15) is 19.5 Å². The average Bonchev–Trinajstić information content (AvgIpc) is 2.61. The predicted octanol–water partition coefficient (Wildman–Crippen LogP) is 1.93. The van der Waals surface area contributed by atoms with Crippen molar-refractivity contribution in [3.63, 3.8) is 0 Å². The van der Waals surface area contributed by atoms with Crippen molar-refractivity contribution in [3.8, 4) is 0 Å². The second-order valence-corrected chi connectivity index (χ2v) is 4.87. The number of hydrogen-bond donors (Lipinski definition) is 1. The van der Waals surface area contributed by atoms with E-state index in [9.17, 15) is 14.9 Å². The standard InChI is InChI=1S/C10H15N3O4S/c1-4-12-9(18-5-6(2)10(14)15)8(13(16)17)7(3)11-12/h6H,4-5H2,1-3H3,(H,14,15). The number of carboxylic acids is 1. The van der Waals surface area contributed by atoms with E-state index in [2.05, 4.69) is 5.10 Å². The van der Waals surface area contributed by atoms with Crippen molar-refractivity contribution < 1.29 is 14.8 Å². The number of carbonyl (C=O) groups is 1. The van der Waals surface area contributed by atoms with Gasteiger partial charge in [-0.25, -0.2) is 0 Å². The van der Waals surface area contributed by atoms with Crippen LogP contribution in [0.15, 0.2) is 5.03 Å². The van der Waals surface area contributed by atoms with E-state index in [4.69, 9.17) is 5.11 Å². The largest absolute Gasteiger partial charge is 0.481 e. The Hall–Kier alpha value is -1.57. The molecule has 1 unspecified atom stereocenters. The van der Waals surface area contributed by atoms with Gasteiger partial charge in [0.1, 0.15) is 5.69 Å². The number of nitro groups is 1. The Morgan fingerprint density at radius 1 is 1.67 bits per heavy atom. The number of aliphatic carboxylic acids is 1. The minimum atomic E-state index is -0.913. The maximum absolute atomic E-state index is 11.0. The first-order chi connectivity index (χ1) is 8.38. The lowest BCUT2D eigenvalue weighted by atomic mass is 10.2. The minimum Gasteiger partial charge on any atom is -0.481 e. The molecule has 7 nitrogen and oxygen atoms in total. The first kappa shape index (κ1) is 14.5. The zero-order chi connectivity index (χ0) is 13.9. The van der Waals surface area contributed by atoms with Crippen LogP contribution in [-0.4, -0.2) is 31.5 Å². The molecule has 8 heteroatoms. The van der Waals surface area contributed by atoms with Gasteiger partial charge in [-0.2, -0.15) is 5.10 Å². The summed E-state index contributed by atoms with van der Waals surface area (Å²) in [4.78, 5) is 21.2. The molecule has 1 N–H and O–H groups in total. The smallest absolute Gasteiger partial charge is 0.323 e. The zero-order valence-corrected chi connectivity index (χ0v) is 11.2. The molecule has 1 atom stereocenters. The molecule has 1 heterocycles. The Balaban J connectivity index is 2.99. The molecule has 0 fully saturated rings. The summed E-state index contributed by atoms with van der Waals surface area (Å²) in [5.41, 5.74) is 0.326. The molecular formula is C10H15N3O4S. The highest BCUT2D eigenvalue weighted by Gasteiger charge is 2.26. The molecule has 0 saturated carbocycles. The number of nitrogens with zero attached hydrogens (tertiary/aromatic N) is 3. The Kier molecular flexibility index (Phi) is 4.71. The molecule has 0 saturated heterocycles. The van der Waals surface area contributed by atoms with Gasteiger partial charge < -0.3 is 5.11 Å². The maximum Gasteiger partial charge on any atom is 0.323 e. The lowest BCUT2D eigenvalue weighted by molar-refractivity contribution is -0.388. The molecule has 1 rings (SSSR count). The van der Waals surface area contributed by atoms with E-state index >= 15 is 0 Å². The number of hydrogen-bond acceptors (Lipinski definition) is 5. The summed E-state index contributed by atoms with van der Waals surface area (Å²) in [5.74, 6) is -1.19. The van der Waals surface area contributed by atoms with Crippen molar-refractivity contribution in [1.82, 2.24) is 9.78 Å². The summed E-state index contributed by atoms with van der Waals surface area (Å²) in [6, 6.07) is 0. The summed E-state index contributed by atoms with van der Waals surface area (Å²) in [7, 11) is 0. The van der Waals surface area contributed by atoms with Gasteiger partial charge in [-0.05, 0) is 13.8 Å². The first-order valence-electron chi connectivity index (χ1n) is 5.45. The van der Waals surface area contributed by atoms with Gasteiger partial charge in [0.05, 0.1) is 10.8 Å². The van der Waals surface area contributed by atoms with E-state index in [-0.39, 0.29) is 11.4 Å². The van der Waals surface area contributed by atoms with Crippen LogP contribution in [0, 0.1) is 23.0 Å². The second kappa shape index (κ2) is 5.85. The highest BCUT2D eigenvalue weighted by molar-refractivity contribution is 7.99. The first-order valence-corrected chi connectivity index (χ1v) is 6.44. The quantitative estimate of drug-likeness (QED) is 0.483. The van der Waals surface area contributed by atoms with Crippen molar-refractivity contribution >= 4 is 23.4 Å². The molecule has 0 aliphatic rings. The summed E-state index contributed by atoms with van der Waals surface area (Å²) in [6.07, 6.45) is 0. The van der Waals surface area contributed by atoms with Gasteiger partial charge in [0.25, 0.3) is 0 Å². The fraction of sp³-hybridized carbons (Fsp3) is 0.600. The Bertz CT molecular complexity index is 472. The topological polar surface area (TPSA) is 98.3 Å².